The molecule has 0 radical (unpaired) electrons. The van der Waals surface area contributed by atoms with E-state index in [1.54, 1.807) is 18.5 Å². The first-order chi connectivity index (χ1) is 7.74. The highest BCUT2D eigenvalue weighted by molar-refractivity contribution is 7.98. The van der Waals surface area contributed by atoms with Crippen LogP contribution in [0, 0.1) is 0 Å². The van der Waals surface area contributed by atoms with Gasteiger partial charge >= 0.3 is 0 Å². The second-order valence-electron chi connectivity index (χ2n) is 2.79. The standard InChI is InChI=1S/C8H9N7S/c9-6-13-5(14-7(10)15-6)4-16-8-11-2-1-3-12-8/h1-3H,4H2,(H4,9,10,13,14,15). The molecule has 2 rings (SSSR count). The maximum Gasteiger partial charge on any atom is 0.225 e. The van der Waals surface area contributed by atoms with E-state index < -0.39 is 0 Å². The molecular weight excluding hydrogens is 226 g/mol. The zero-order valence-electron chi connectivity index (χ0n) is 8.24. The molecule has 7 nitrogen and oxygen atoms in total. The SMILES string of the molecule is Nc1nc(N)nc(CSc2ncccn2)n1. The van der Waals surface area contributed by atoms with Gasteiger partial charge in [-0.2, -0.15) is 15.0 Å². The molecule has 4 N–H and O–H groups in total. The highest BCUT2D eigenvalue weighted by Gasteiger charge is 2.03. The van der Waals surface area contributed by atoms with Crippen molar-refractivity contribution in [2.24, 2.45) is 0 Å². The average Bonchev–Trinajstić information content (AvgIpc) is 2.27. The fraction of sp³-hybridized carbons (Fsp3) is 0.125. The lowest BCUT2D eigenvalue weighted by Crippen LogP contribution is -2.06. The maximum absolute atomic E-state index is 5.45. The van der Waals surface area contributed by atoms with E-state index in [9.17, 15) is 0 Å². The fourth-order valence-corrected chi connectivity index (χ4v) is 1.67. The lowest BCUT2D eigenvalue weighted by molar-refractivity contribution is 0.951. The largest absolute Gasteiger partial charge is 0.368 e. The van der Waals surface area contributed by atoms with E-state index in [2.05, 4.69) is 24.9 Å². The molecule has 8 heteroatoms. The number of rotatable bonds is 3. The monoisotopic (exact) mass is 235 g/mol. The van der Waals surface area contributed by atoms with E-state index in [1.807, 2.05) is 0 Å². The summed E-state index contributed by atoms with van der Waals surface area (Å²) in [6.45, 7) is 0. The topological polar surface area (TPSA) is 116 Å². The second kappa shape index (κ2) is 4.71. The van der Waals surface area contributed by atoms with Crippen LogP contribution in [-0.2, 0) is 5.75 Å². The molecule has 0 aliphatic carbocycles. The lowest BCUT2D eigenvalue weighted by Gasteiger charge is -2.00. The third kappa shape index (κ3) is 2.76. The number of hydrogen-bond acceptors (Lipinski definition) is 8. The van der Waals surface area contributed by atoms with Crippen LogP contribution in [0.2, 0.25) is 0 Å². The van der Waals surface area contributed by atoms with Gasteiger partial charge in [0.1, 0.15) is 5.82 Å². The lowest BCUT2D eigenvalue weighted by atomic mass is 10.7. The van der Waals surface area contributed by atoms with Crippen LogP contribution in [0.4, 0.5) is 11.9 Å². The van der Waals surface area contributed by atoms with Gasteiger partial charge in [0.25, 0.3) is 0 Å². The Labute approximate surface area is 95.8 Å². The van der Waals surface area contributed by atoms with Gasteiger partial charge in [0.2, 0.25) is 11.9 Å². The van der Waals surface area contributed by atoms with Gasteiger partial charge in [0, 0.05) is 12.4 Å². The van der Waals surface area contributed by atoms with Crippen molar-refractivity contribution in [2.45, 2.75) is 10.9 Å². The van der Waals surface area contributed by atoms with Gasteiger partial charge < -0.3 is 11.5 Å². The molecule has 0 aliphatic heterocycles. The predicted molar refractivity (Wildman–Crippen MR) is 60.2 cm³/mol. The molecule has 82 valence electrons. The summed E-state index contributed by atoms with van der Waals surface area (Å²) in [6.07, 6.45) is 3.34. The van der Waals surface area contributed by atoms with Crippen LogP contribution in [0.15, 0.2) is 23.6 Å². The zero-order chi connectivity index (χ0) is 11.4. The van der Waals surface area contributed by atoms with Crippen LogP contribution in [0.1, 0.15) is 5.82 Å². The van der Waals surface area contributed by atoms with Gasteiger partial charge in [0.05, 0.1) is 5.75 Å². The molecule has 0 aromatic carbocycles. The molecule has 0 fully saturated rings. The highest BCUT2D eigenvalue weighted by Crippen LogP contribution is 2.16. The summed E-state index contributed by atoms with van der Waals surface area (Å²) < 4.78 is 0. The number of thioether (sulfide) groups is 1. The second-order valence-corrected chi connectivity index (χ2v) is 3.73. The summed E-state index contributed by atoms with van der Waals surface area (Å²) in [5.41, 5.74) is 10.9. The van der Waals surface area contributed by atoms with Crippen LogP contribution in [0.5, 0.6) is 0 Å². The third-order valence-electron chi connectivity index (χ3n) is 1.59. The van der Waals surface area contributed by atoms with Crippen molar-refractivity contribution in [1.82, 2.24) is 24.9 Å². The summed E-state index contributed by atoms with van der Waals surface area (Å²) in [4.78, 5) is 19.7. The number of hydrogen-bond donors (Lipinski definition) is 2. The molecular formula is C8H9N7S. The Bertz CT molecular complexity index is 455. The first kappa shape index (κ1) is 10.6. The van der Waals surface area contributed by atoms with E-state index >= 15 is 0 Å². The molecule has 2 heterocycles. The molecule has 16 heavy (non-hydrogen) atoms. The van der Waals surface area contributed by atoms with E-state index in [0.717, 1.165) is 0 Å². The van der Waals surface area contributed by atoms with Crippen molar-refractivity contribution in [2.75, 3.05) is 11.5 Å². The predicted octanol–water partition coefficient (Wildman–Crippen LogP) is 0.118. The van der Waals surface area contributed by atoms with Gasteiger partial charge in [-0.3, -0.25) is 0 Å². The third-order valence-corrected chi connectivity index (χ3v) is 2.46. The number of anilines is 2. The van der Waals surface area contributed by atoms with Gasteiger partial charge in [-0.05, 0) is 6.07 Å². The number of nitrogens with zero attached hydrogens (tertiary/aromatic N) is 5. The van der Waals surface area contributed by atoms with Gasteiger partial charge in [-0.25, -0.2) is 9.97 Å². The number of aromatic nitrogens is 5. The summed E-state index contributed by atoms with van der Waals surface area (Å²) in [5, 5.41) is 0.653. The Morgan fingerprint density at radius 3 is 2.25 bits per heavy atom. The number of nitrogen functional groups attached to an aromatic ring is 2. The quantitative estimate of drug-likeness (QED) is 0.569. The van der Waals surface area contributed by atoms with Crippen molar-refractivity contribution in [1.29, 1.82) is 0 Å². The van der Waals surface area contributed by atoms with Crippen LogP contribution in [0.25, 0.3) is 0 Å². The Balaban J connectivity index is 2.05. The normalized spacial score (nSPS) is 10.2. The van der Waals surface area contributed by atoms with Crippen LogP contribution < -0.4 is 11.5 Å². The van der Waals surface area contributed by atoms with Gasteiger partial charge in [-0.1, -0.05) is 11.8 Å². The molecule has 0 amide bonds. The summed E-state index contributed by atoms with van der Waals surface area (Å²) in [6, 6.07) is 1.75. The minimum atomic E-state index is 0.122. The van der Waals surface area contributed by atoms with E-state index in [-0.39, 0.29) is 11.9 Å². The fourth-order valence-electron chi connectivity index (χ4n) is 1.01. The Morgan fingerprint density at radius 2 is 1.62 bits per heavy atom. The van der Waals surface area contributed by atoms with E-state index in [4.69, 9.17) is 11.5 Å². The highest BCUT2D eigenvalue weighted by atomic mass is 32.2. The van der Waals surface area contributed by atoms with Crippen molar-refractivity contribution in [3.63, 3.8) is 0 Å². The van der Waals surface area contributed by atoms with Crippen molar-refractivity contribution in [3.8, 4) is 0 Å². The van der Waals surface area contributed by atoms with E-state index in [0.29, 0.717) is 16.7 Å². The molecule has 2 aromatic rings. The van der Waals surface area contributed by atoms with Crippen LogP contribution >= 0.6 is 11.8 Å². The van der Waals surface area contributed by atoms with E-state index in [1.165, 1.54) is 11.8 Å². The van der Waals surface area contributed by atoms with Crippen molar-refractivity contribution >= 4 is 23.7 Å². The molecule has 0 spiro atoms. The Morgan fingerprint density at radius 1 is 1.00 bits per heavy atom. The van der Waals surface area contributed by atoms with Gasteiger partial charge in [-0.15, -0.1) is 0 Å². The zero-order valence-corrected chi connectivity index (χ0v) is 9.05. The Hall–Kier alpha value is -1.96. The molecule has 0 saturated heterocycles. The summed E-state index contributed by atoms with van der Waals surface area (Å²) >= 11 is 1.40. The minimum Gasteiger partial charge on any atom is -0.368 e. The Kier molecular flexibility index (Phi) is 3.10. The molecule has 0 bridgehead atoms. The van der Waals surface area contributed by atoms with Crippen molar-refractivity contribution < 1.29 is 0 Å². The molecule has 2 aromatic heterocycles. The number of nitrogens with two attached hydrogens (primary N) is 2. The maximum atomic E-state index is 5.45. The summed E-state index contributed by atoms with van der Waals surface area (Å²) in [5.74, 6) is 1.26. The smallest absolute Gasteiger partial charge is 0.225 e. The molecule has 0 unspecified atom stereocenters. The molecule has 0 saturated carbocycles. The van der Waals surface area contributed by atoms with Crippen molar-refractivity contribution in [3.05, 3.63) is 24.3 Å². The first-order valence-corrected chi connectivity index (χ1v) is 5.38. The minimum absolute atomic E-state index is 0.122. The molecule has 0 atom stereocenters. The molecule has 0 aliphatic rings. The first-order valence-electron chi connectivity index (χ1n) is 4.40. The average molecular weight is 235 g/mol. The van der Waals surface area contributed by atoms with Crippen LogP contribution in [-0.4, -0.2) is 24.9 Å². The summed E-state index contributed by atoms with van der Waals surface area (Å²) in [7, 11) is 0. The van der Waals surface area contributed by atoms with Gasteiger partial charge in [0.15, 0.2) is 5.16 Å². The van der Waals surface area contributed by atoms with Crippen LogP contribution in [0.3, 0.4) is 0 Å².